The van der Waals surface area contributed by atoms with Crippen molar-refractivity contribution in [2.75, 3.05) is 18.8 Å². The van der Waals surface area contributed by atoms with Crippen molar-refractivity contribution in [3.63, 3.8) is 0 Å². The third-order valence-corrected chi connectivity index (χ3v) is 5.26. The van der Waals surface area contributed by atoms with E-state index >= 15 is 0 Å². The Bertz CT molecular complexity index is 498. The number of likely N-dealkylation sites (tertiary alicyclic amines) is 1. The largest absolute Gasteiger partial charge is 0.399 e. The Morgan fingerprint density at radius 1 is 1.00 bits per heavy atom. The fourth-order valence-corrected chi connectivity index (χ4v) is 3.79. The third-order valence-electron chi connectivity index (χ3n) is 5.26. The Kier molecular flexibility index (Phi) is 4.67. The standard InChI is InChI=1S/C18H26N2O2/c19-16-7-5-14(6-8-16)13-1-3-15(4-2-13)18(22)20-11-9-17(21)10-12-20/h5-8,13,15,17,21H,1-4,9-12,19H2. The first-order chi connectivity index (χ1) is 10.6. The number of hydrogen-bond donors (Lipinski definition) is 2. The summed E-state index contributed by atoms with van der Waals surface area (Å²) >= 11 is 0. The zero-order chi connectivity index (χ0) is 15.5. The van der Waals surface area contributed by atoms with E-state index in [0.717, 1.165) is 57.3 Å². The van der Waals surface area contributed by atoms with E-state index < -0.39 is 0 Å². The van der Waals surface area contributed by atoms with E-state index in [4.69, 9.17) is 5.73 Å². The molecule has 1 aliphatic heterocycles. The van der Waals surface area contributed by atoms with Crippen LogP contribution >= 0.6 is 0 Å². The van der Waals surface area contributed by atoms with Crippen molar-refractivity contribution < 1.29 is 9.90 Å². The van der Waals surface area contributed by atoms with Crippen LogP contribution in [0.15, 0.2) is 24.3 Å². The molecule has 0 unspecified atom stereocenters. The summed E-state index contributed by atoms with van der Waals surface area (Å²) in [6.45, 7) is 1.44. The van der Waals surface area contributed by atoms with Crippen LogP contribution in [0.25, 0.3) is 0 Å². The van der Waals surface area contributed by atoms with Crippen LogP contribution in [0.5, 0.6) is 0 Å². The van der Waals surface area contributed by atoms with Gasteiger partial charge in [-0.15, -0.1) is 0 Å². The summed E-state index contributed by atoms with van der Waals surface area (Å²) in [7, 11) is 0. The molecule has 0 bridgehead atoms. The highest BCUT2D eigenvalue weighted by molar-refractivity contribution is 5.79. The van der Waals surface area contributed by atoms with E-state index in [1.807, 2.05) is 17.0 Å². The molecule has 1 amide bonds. The third kappa shape index (κ3) is 3.43. The molecule has 0 radical (unpaired) electrons. The molecular weight excluding hydrogens is 276 g/mol. The van der Waals surface area contributed by atoms with Gasteiger partial charge in [-0.05, 0) is 62.1 Å². The van der Waals surface area contributed by atoms with Crippen molar-refractivity contribution in [3.8, 4) is 0 Å². The van der Waals surface area contributed by atoms with Gasteiger partial charge in [0.05, 0.1) is 6.10 Å². The monoisotopic (exact) mass is 302 g/mol. The highest BCUT2D eigenvalue weighted by atomic mass is 16.3. The van der Waals surface area contributed by atoms with E-state index in [0.29, 0.717) is 11.8 Å². The molecule has 1 saturated carbocycles. The topological polar surface area (TPSA) is 66.6 Å². The number of aliphatic hydroxyl groups is 1. The van der Waals surface area contributed by atoms with E-state index in [2.05, 4.69) is 12.1 Å². The average molecular weight is 302 g/mol. The van der Waals surface area contributed by atoms with Gasteiger partial charge in [-0.1, -0.05) is 12.1 Å². The molecule has 3 rings (SSSR count). The Morgan fingerprint density at radius 2 is 1.59 bits per heavy atom. The van der Waals surface area contributed by atoms with Crippen molar-refractivity contribution in [2.24, 2.45) is 5.92 Å². The van der Waals surface area contributed by atoms with E-state index in [-0.39, 0.29) is 12.0 Å². The van der Waals surface area contributed by atoms with Crippen LogP contribution in [0, 0.1) is 5.92 Å². The van der Waals surface area contributed by atoms with Crippen LogP contribution in [0.3, 0.4) is 0 Å². The molecule has 0 atom stereocenters. The first-order valence-electron chi connectivity index (χ1n) is 8.46. The summed E-state index contributed by atoms with van der Waals surface area (Å²) < 4.78 is 0. The van der Waals surface area contributed by atoms with Crippen molar-refractivity contribution >= 4 is 11.6 Å². The summed E-state index contributed by atoms with van der Waals surface area (Å²) in [4.78, 5) is 14.5. The lowest BCUT2D eigenvalue weighted by Gasteiger charge is -2.35. The van der Waals surface area contributed by atoms with E-state index in [9.17, 15) is 9.90 Å². The van der Waals surface area contributed by atoms with Crippen molar-refractivity contribution in [2.45, 2.75) is 50.5 Å². The van der Waals surface area contributed by atoms with Gasteiger partial charge in [0.15, 0.2) is 0 Å². The molecule has 0 aromatic heterocycles. The van der Waals surface area contributed by atoms with Gasteiger partial charge in [0.1, 0.15) is 0 Å². The fraction of sp³-hybridized carbons (Fsp3) is 0.611. The number of carbonyl (C=O) groups is 1. The molecule has 1 heterocycles. The lowest BCUT2D eigenvalue weighted by molar-refractivity contribution is -0.138. The minimum absolute atomic E-state index is 0.181. The van der Waals surface area contributed by atoms with Gasteiger partial charge in [0.2, 0.25) is 5.91 Å². The van der Waals surface area contributed by atoms with Crippen LogP contribution in [0.1, 0.15) is 50.0 Å². The van der Waals surface area contributed by atoms with Gasteiger partial charge in [0.25, 0.3) is 0 Å². The van der Waals surface area contributed by atoms with Gasteiger partial charge < -0.3 is 15.7 Å². The maximum absolute atomic E-state index is 12.6. The number of benzene rings is 1. The van der Waals surface area contributed by atoms with Crippen LogP contribution in [-0.2, 0) is 4.79 Å². The number of rotatable bonds is 2. The van der Waals surface area contributed by atoms with Crippen molar-refractivity contribution in [1.29, 1.82) is 0 Å². The van der Waals surface area contributed by atoms with Gasteiger partial charge in [-0.2, -0.15) is 0 Å². The molecule has 1 saturated heterocycles. The quantitative estimate of drug-likeness (QED) is 0.825. The van der Waals surface area contributed by atoms with Gasteiger partial charge in [-0.3, -0.25) is 4.79 Å². The molecule has 2 aliphatic rings. The van der Waals surface area contributed by atoms with Crippen LogP contribution in [0.2, 0.25) is 0 Å². The zero-order valence-corrected chi connectivity index (χ0v) is 13.1. The van der Waals surface area contributed by atoms with Crippen molar-refractivity contribution in [3.05, 3.63) is 29.8 Å². The molecule has 4 nitrogen and oxygen atoms in total. The number of carbonyl (C=O) groups excluding carboxylic acids is 1. The van der Waals surface area contributed by atoms with Gasteiger partial charge in [0, 0.05) is 24.7 Å². The Balaban J connectivity index is 1.53. The number of piperidine rings is 1. The number of nitrogens with two attached hydrogens (primary N) is 1. The predicted molar refractivity (Wildman–Crippen MR) is 87.4 cm³/mol. The minimum atomic E-state index is -0.217. The molecule has 120 valence electrons. The Morgan fingerprint density at radius 3 is 2.18 bits per heavy atom. The molecular formula is C18H26N2O2. The summed E-state index contributed by atoms with van der Waals surface area (Å²) in [6, 6.07) is 8.17. The van der Waals surface area contributed by atoms with Crippen LogP contribution in [0.4, 0.5) is 5.69 Å². The second-order valence-corrected chi connectivity index (χ2v) is 6.77. The average Bonchev–Trinajstić information content (AvgIpc) is 2.56. The van der Waals surface area contributed by atoms with Gasteiger partial charge in [-0.25, -0.2) is 0 Å². The second-order valence-electron chi connectivity index (χ2n) is 6.77. The molecule has 2 fully saturated rings. The summed E-state index contributed by atoms with van der Waals surface area (Å²) in [6.07, 6.45) is 5.36. The Hall–Kier alpha value is -1.55. The predicted octanol–water partition coefficient (Wildman–Crippen LogP) is 2.53. The summed E-state index contributed by atoms with van der Waals surface area (Å²) in [5.74, 6) is 1.05. The molecule has 1 aromatic rings. The molecule has 1 aromatic carbocycles. The molecule has 22 heavy (non-hydrogen) atoms. The summed E-state index contributed by atoms with van der Waals surface area (Å²) in [5.41, 5.74) is 7.90. The zero-order valence-electron chi connectivity index (χ0n) is 13.1. The highest BCUT2D eigenvalue weighted by Crippen LogP contribution is 2.37. The SMILES string of the molecule is Nc1ccc(C2CCC(C(=O)N3CCC(O)CC3)CC2)cc1. The van der Waals surface area contributed by atoms with Crippen LogP contribution < -0.4 is 5.73 Å². The number of nitrogen functional groups attached to an aromatic ring is 1. The smallest absolute Gasteiger partial charge is 0.225 e. The number of anilines is 1. The Labute approximate surface area is 132 Å². The van der Waals surface area contributed by atoms with Crippen molar-refractivity contribution in [1.82, 2.24) is 4.90 Å². The van der Waals surface area contributed by atoms with Crippen LogP contribution in [-0.4, -0.2) is 35.1 Å². The first kappa shape index (κ1) is 15.3. The summed E-state index contributed by atoms with van der Waals surface area (Å²) in [5, 5.41) is 9.55. The minimum Gasteiger partial charge on any atom is -0.399 e. The maximum Gasteiger partial charge on any atom is 0.225 e. The number of amides is 1. The number of nitrogens with zero attached hydrogens (tertiary/aromatic N) is 1. The highest BCUT2D eigenvalue weighted by Gasteiger charge is 2.31. The maximum atomic E-state index is 12.6. The second kappa shape index (κ2) is 6.69. The molecule has 4 heteroatoms. The lowest BCUT2D eigenvalue weighted by Crippen LogP contribution is -2.43. The first-order valence-corrected chi connectivity index (χ1v) is 8.46. The molecule has 1 aliphatic carbocycles. The van der Waals surface area contributed by atoms with E-state index in [1.165, 1.54) is 5.56 Å². The number of aliphatic hydroxyl groups excluding tert-OH is 1. The fourth-order valence-electron chi connectivity index (χ4n) is 3.79. The van der Waals surface area contributed by atoms with Gasteiger partial charge >= 0.3 is 0 Å². The number of hydrogen-bond acceptors (Lipinski definition) is 3. The molecule has 3 N–H and O–H groups in total. The van der Waals surface area contributed by atoms with E-state index in [1.54, 1.807) is 0 Å². The molecule has 0 spiro atoms. The lowest BCUT2D eigenvalue weighted by atomic mass is 9.78. The normalized spacial score (nSPS) is 26.9.